The lowest BCUT2D eigenvalue weighted by Gasteiger charge is -2.19. The van der Waals surface area contributed by atoms with Gasteiger partial charge in [0.25, 0.3) is 0 Å². The summed E-state index contributed by atoms with van der Waals surface area (Å²) < 4.78 is 4.99. The van der Waals surface area contributed by atoms with E-state index >= 15 is 0 Å². The van der Waals surface area contributed by atoms with Crippen LogP contribution in [-0.2, 0) is 0 Å². The molecule has 0 spiro atoms. The fraction of sp³-hybridized carbons (Fsp3) is 0.750. The molecule has 0 unspecified atom stereocenters. The van der Waals surface area contributed by atoms with E-state index in [0.29, 0.717) is 0 Å². The summed E-state index contributed by atoms with van der Waals surface area (Å²) in [6.45, 7) is 7.52. The number of rotatable bonds is 4. The lowest BCUT2D eigenvalue weighted by atomic mass is 10.1. The van der Waals surface area contributed by atoms with Crippen molar-refractivity contribution in [2.45, 2.75) is 30.6 Å². The maximum atomic E-state index is 4.09. The molecule has 13 heavy (non-hydrogen) atoms. The molecule has 0 radical (unpaired) electrons. The van der Waals surface area contributed by atoms with Crippen LogP contribution in [0.5, 0.6) is 0 Å². The molecule has 0 aliphatic carbocycles. The van der Waals surface area contributed by atoms with Crippen molar-refractivity contribution >= 4 is 23.3 Å². The molecular formula is C8H15N3S2. The van der Waals surface area contributed by atoms with Crippen molar-refractivity contribution in [3.8, 4) is 0 Å². The Bertz CT molecular complexity index is 228. The minimum absolute atomic E-state index is 0.210. The summed E-state index contributed by atoms with van der Waals surface area (Å²) >= 11 is 3.21. The second-order valence-corrected chi connectivity index (χ2v) is 5.85. The van der Waals surface area contributed by atoms with E-state index in [1.54, 1.807) is 18.1 Å². The molecule has 0 atom stereocenters. The van der Waals surface area contributed by atoms with Crippen LogP contribution < -0.4 is 5.32 Å². The molecule has 0 saturated carbocycles. The molecule has 74 valence electrons. The first-order chi connectivity index (χ1) is 6.08. The Kier molecular flexibility index (Phi) is 4.15. The van der Waals surface area contributed by atoms with Crippen LogP contribution >= 0.6 is 23.3 Å². The maximum absolute atomic E-state index is 4.09. The van der Waals surface area contributed by atoms with Crippen molar-refractivity contribution in [2.75, 3.05) is 12.3 Å². The van der Waals surface area contributed by atoms with Gasteiger partial charge in [0.1, 0.15) is 6.33 Å². The molecule has 5 heteroatoms. The van der Waals surface area contributed by atoms with Crippen molar-refractivity contribution < 1.29 is 0 Å². The highest BCUT2D eigenvalue weighted by molar-refractivity contribution is 8.00. The van der Waals surface area contributed by atoms with E-state index < -0.39 is 0 Å². The van der Waals surface area contributed by atoms with E-state index in [1.165, 1.54) is 11.5 Å². The monoisotopic (exact) mass is 217 g/mol. The van der Waals surface area contributed by atoms with Gasteiger partial charge in [0.2, 0.25) is 0 Å². The summed E-state index contributed by atoms with van der Waals surface area (Å²) in [4.78, 5) is 4.09. The summed E-state index contributed by atoms with van der Waals surface area (Å²) in [7, 11) is 0. The molecule has 3 nitrogen and oxygen atoms in total. The van der Waals surface area contributed by atoms with E-state index in [2.05, 4.69) is 35.4 Å². The first kappa shape index (κ1) is 10.9. The van der Waals surface area contributed by atoms with Crippen molar-refractivity contribution in [1.29, 1.82) is 0 Å². The van der Waals surface area contributed by atoms with Gasteiger partial charge in [0.15, 0.2) is 4.34 Å². The molecular weight excluding hydrogens is 202 g/mol. The van der Waals surface area contributed by atoms with Crippen molar-refractivity contribution in [3.05, 3.63) is 6.33 Å². The Labute approximate surface area is 87.5 Å². The summed E-state index contributed by atoms with van der Waals surface area (Å²) in [6.07, 6.45) is 1.60. The third-order valence-electron chi connectivity index (χ3n) is 1.32. The van der Waals surface area contributed by atoms with Gasteiger partial charge in [-0.3, -0.25) is 0 Å². The molecule has 1 heterocycles. The SMILES string of the molecule is CC(C)(C)NCCSc1ncns1. The highest BCUT2D eigenvalue weighted by Gasteiger charge is 2.07. The molecule has 0 fully saturated rings. The van der Waals surface area contributed by atoms with Crippen molar-refractivity contribution in [2.24, 2.45) is 0 Å². The predicted molar refractivity (Wildman–Crippen MR) is 58.4 cm³/mol. The summed E-state index contributed by atoms with van der Waals surface area (Å²) in [6, 6.07) is 0. The molecule has 0 aliphatic heterocycles. The number of thioether (sulfide) groups is 1. The van der Waals surface area contributed by atoms with Gasteiger partial charge in [-0.1, -0.05) is 11.8 Å². The number of nitrogens with zero attached hydrogens (tertiary/aromatic N) is 2. The fourth-order valence-electron chi connectivity index (χ4n) is 0.791. The second-order valence-electron chi connectivity index (χ2n) is 3.73. The number of aromatic nitrogens is 2. The molecule has 0 aromatic carbocycles. The average Bonchev–Trinajstić information content (AvgIpc) is 2.48. The minimum Gasteiger partial charge on any atom is -0.311 e. The average molecular weight is 217 g/mol. The summed E-state index contributed by atoms with van der Waals surface area (Å²) in [5.41, 5.74) is 0.210. The van der Waals surface area contributed by atoms with E-state index in [4.69, 9.17) is 0 Å². The van der Waals surface area contributed by atoms with Crippen LogP contribution in [0.15, 0.2) is 10.7 Å². The van der Waals surface area contributed by atoms with E-state index in [1.807, 2.05) is 0 Å². The second kappa shape index (κ2) is 4.93. The van der Waals surface area contributed by atoms with Crippen LogP contribution in [0, 0.1) is 0 Å². The number of hydrogen-bond donors (Lipinski definition) is 1. The van der Waals surface area contributed by atoms with Gasteiger partial charge in [-0.15, -0.1) is 0 Å². The minimum atomic E-state index is 0.210. The predicted octanol–water partition coefficient (Wildman–Crippen LogP) is 2.02. The smallest absolute Gasteiger partial charge is 0.169 e. The van der Waals surface area contributed by atoms with Crippen LogP contribution in [0.3, 0.4) is 0 Å². The van der Waals surface area contributed by atoms with Crippen LogP contribution in [0.25, 0.3) is 0 Å². The largest absolute Gasteiger partial charge is 0.311 e. The third kappa shape index (κ3) is 5.23. The van der Waals surface area contributed by atoms with Gasteiger partial charge in [0.05, 0.1) is 0 Å². The summed E-state index contributed by atoms with van der Waals surface area (Å²) in [5.74, 6) is 1.05. The van der Waals surface area contributed by atoms with Gasteiger partial charge in [-0.2, -0.15) is 4.37 Å². The van der Waals surface area contributed by atoms with Gasteiger partial charge in [-0.05, 0) is 32.3 Å². The summed E-state index contributed by atoms with van der Waals surface area (Å²) in [5, 5.41) is 3.42. The Morgan fingerprint density at radius 2 is 2.31 bits per heavy atom. The molecule has 0 saturated heterocycles. The zero-order valence-electron chi connectivity index (χ0n) is 8.20. The van der Waals surface area contributed by atoms with Crippen LogP contribution in [-0.4, -0.2) is 27.2 Å². The molecule has 1 rings (SSSR count). The zero-order valence-corrected chi connectivity index (χ0v) is 9.84. The Balaban J connectivity index is 2.09. The highest BCUT2D eigenvalue weighted by atomic mass is 32.2. The van der Waals surface area contributed by atoms with E-state index in [9.17, 15) is 0 Å². The number of hydrogen-bond acceptors (Lipinski definition) is 5. The molecule has 1 aromatic heterocycles. The zero-order chi connectivity index (χ0) is 9.73. The first-order valence-corrected chi connectivity index (χ1v) is 5.98. The number of nitrogens with one attached hydrogen (secondary N) is 1. The molecule has 0 aliphatic rings. The normalized spacial score (nSPS) is 11.9. The molecule has 0 amide bonds. The van der Waals surface area contributed by atoms with Crippen LogP contribution in [0.1, 0.15) is 20.8 Å². The lowest BCUT2D eigenvalue weighted by Crippen LogP contribution is -2.37. The first-order valence-electron chi connectivity index (χ1n) is 4.22. The standard InChI is InChI=1S/C8H15N3S2/c1-8(2,3)10-4-5-12-7-9-6-11-13-7/h6,10H,4-5H2,1-3H3. The van der Waals surface area contributed by atoms with Crippen LogP contribution in [0.4, 0.5) is 0 Å². The molecule has 1 N–H and O–H groups in total. The van der Waals surface area contributed by atoms with Gasteiger partial charge < -0.3 is 5.32 Å². The Morgan fingerprint density at radius 3 is 2.85 bits per heavy atom. The van der Waals surface area contributed by atoms with E-state index in [-0.39, 0.29) is 5.54 Å². The van der Waals surface area contributed by atoms with Gasteiger partial charge in [0, 0.05) is 17.8 Å². The van der Waals surface area contributed by atoms with Crippen molar-refractivity contribution in [3.63, 3.8) is 0 Å². The Morgan fingerprint density at radius 1 is 1.54 bits per heavy atom. The fourth-order valence-corrected chi connectivity index (χ4v) is 2.16. The Hall–Kier alpha value is -0.130. The van der Waals surface area contributed by atoms with Gasteiger partial charge >= 0.3 is 0 Å². The lowest BCUT2D eigenvalue weighted by molar-refractivity contribution is 0.441. The van der Waals surface area contributed by atoms with Gasteiger partial charge in [-0.25, -0.2) is 4.98 Å². The van der Waals surface area contributed by atoms with Crippen LogP contribution in [0.2, 0.25) is 0 Å². The topological polar surface area (TPSA) is 37.8 Å². The molecule has 0 bridgehead atoms. The maximum Gasteiger partial charge on any atom is 0.169 e. The quantitative estimate of drug-likeness (QED) is 0.618. The highest BCUT2D eigenvalue weighted by Crippen LogP contribution is 2.17. The third-order valence-corrected chi connectivity index (χ3v) is 3.12. The molecule has 1 aromatic rings. The van der Waals surface area contributed by atoms with Crippen molar-refractivity contribution in [1.82, 2.24) is 14.7 Å². The van der Waals surface area contributed by atoms with E-state index in [0.717, 1.165) is 16.6 Å².